The van der Waals surface area contributed by atoms with E-state index in [0.717, 1.165) is 0 Å². The number of fused-ring (bicyclic) bond motifs is 1. The zero-order valence-electron chi connectivity index (χ0n) is 6.22. The van der Waals surface area contributed by atoms with Gasteiger partial charge >= 0.3 is 0 Å². The van der Waals surface area contributed by atoms with E-state index < -0.39 is 12.2 Å². The fraction of sp³-hybridized carbons (Fsp3) is 0.556. The third-order valence-electron chi connectivity index (χ3n) is 2.60. The van der Waals surface area contributed by atoms with Crippen molar-refractivity contribution in [3.05, 3.63) is 24.3 Å². The van der Waals surface area contributed by atoms with Gasteiger partial charge in [-0.2, -0.15) is 0 Å². The maximum Gasteiger partial charge on any atom is 0.0867 e. The molecule has 0 bridgehead atoms. The monoisotopic (exact) mass is 152 g/mol. The average molecular weight is 152 g/mol. The molecule has 0 aliphatic heterocycles. The van der Waals surface area contributed by atoms with Crippen LogP contribution in [-0.4, -0.2) is 22.4 Å². The lowest BCUT2D eigenvalue weighted by Gasteiger charge is -2.17. The van der Waals surface area contributed by atoms with Crippen LogP contribution in [0.15, 0.2) is 24.3 Å². The summed E-state index contributed by atoms with van der Waals surface area (Å²) in [7, 11) is 0. The lowest BCUT2D eigenvalue weighted by molar-refractivity contribution is 0.0294. The van der Waals surface area contributed by atoms with Crippen molar-refractivity contribution in [2.75, 3.05) is 0 Å². The average Bonchev–Trinajstić information content (AvgIpc) is 2.30. The Kier molecular flexibility index (Phi) is 1.59. The Hall–Kier alpha value is -0.600. The first-order valence-corrected chi connectivity index (χ1v) is 4.00. The SMILES string of the molecule is O[C@@H]1CC2C=CC=CC2[C@H]1O. The molecule has 60 valence electrons. The molecular formula is C9H12O2. The molecule has 2 N–H and O–H groups in total. The van der Waals surface area contributed by atoms with Crippen molar-refractivity contribution in [3.8, 4) is 0 Å². The molecule has 2 unspecified atom stereocenters. The Balaban J connectivity index is 2.20. The van der Waals surface area contributed by atoms with Crippen LogP contribution < -0.4 is 0 Å². The molecule has 0 saturated heterocycles. The molecule has 0 aromatic carbocycles. The lowest BCUT2D eigenvalue weighted by atomic mass is 9.91. The van der Waals surface area contributed by atoms with Crippen LogP contribution in [0.3, 0.4) is 0 Å². The molecular weight excluding hydrogens is 140 g/mol. The zero-order valence-corrected chi connectivity index (χ0v) is 6.22. The maximum atomic E-state index is 9.46. The van der Waals surface area contributed by atoms with E-state index in [1.165, 1.54) is 0 Å². The summed E-state index contributed by atoms with van der Waals surface area (Å²) in [4.78, 5) is 0. The molecule has 0 aromatic rings. The van der Waals surface area contributed by atoms with Crippen molar-refractivity contribution in [3.63, 3.8) is 0 Å². The smallest absolute Gasteiger partial charge is 0.0867 e. The Morgan fingerprint density at radius 3 is 2.55 bits per heavy atom. The van der Waals surface area contributed by atoms with E-state index in [9.17, 15) is 10.2 Å². The summed E-state index contributed by atoms with van der Waals surface area (Å²) in [5.74, 6) is 0.500. The van der Waals surface area contributed by atoms with Gasteiger partial charge in [-0.1, -0.05) is 24.3 Å². The Morgan fingerprint density at radius 1 is 1.09 bits per heavy atom. The van der Waals surface area contributed by atoms with Crippen molar-refractivity contribution >= 4 is 0 Å². The number of aliphatic hydroxyl groups is 2. The number of allylic oxidation sites excluding steroid dienone is 3. The quantitative estimate of drug-likeness (QED) is 0.529. The van der Waals surface area contributed by atoms with Crippen LogP contribution in [-0.2, 0) is 0 Å². The topological polar surface area (TPSA) is 40.5 Å². The van der Waals surface area contributed by atoms with Crippen molar-refractivity contribution < 1.29 is 10.2 Å². The summed E-state index contributed by atoms with van der Waals surface area (Å²) < 4.78 is 0. The van der Waals surface area contributed by atoms with Crippen molar-refractivity contribution in [1.29, 1.82) is 0 Å². The predicted octanol–water partition coefficient (Wildman–Crippen LogP) is 0.470. The normalized spacial score (nSPS) is 47.8. The Labute approximate surface area is 65.9 Å². The summed E-state index contributed by atoms with van der Waals surface area (Å²) in [6.07, 6.45) is 7.56. The molecule has 2 nitrogen and oxygen atoms in total. The number of aliphatic hydroxyl groups excluding tert-OH is 2. The zero-order chi connectivity index (χ0) is 7.84. The van der Waals surface area contributed by atoms with Gasteiger partial charge in [0, 0.05) is 5.92 Å². The highest BCUT2D eigenvalue weighted by Crippen LogP contribution is 2.36. The molecule has 4 atom stereocenters. The van der Waals surface area contributed by atoms with Crippen LogP contribution in [0.25, 0.3) is 0 Å². The second kappa shape index (κ2) is 2.47. The van der Waals surface area contributed by atoms with Crippen LogP contribution >= 0.6 is 0 Å². The highest BCUT2D eigenvalue weighted by molar-refractivity contribution is 5.19. The molecule has 2 heteroatoms. The number of hydrogen-bond acceptors (Lipinski definition) is 2. The number of rotatable bonds is 0. The van der Waals surface area contributed by atoms with Gasteiger partial charge in [-0.3, -0.25) is 0 Å². The standard InChI is InChI=1S/C9H12O2/c10-8-5-6-3-1-2-4-7(6)9(8)11/h1-4,6-11H,5H2/t6?,7?,8-,9-/m1/s1. The molecule has 0 spiro atoms. The summed E-state index contributed by atoms with van der Waals surface area (Å²) in [6, 6.07) is 0. The van der Waals surface area contributed by atoms with Crippen LogP contribution in [0.1, 0.15) is 6.42 Å². The molecule has 2 rings (SSSR count). The van der Waals surface area contributed by atoms with Crippen molar-refractivity contribution in [2.24, 2.45) is 11.8 Å². The van der Waals surface area contributed by atoms with E-state index >= 15 is 0 Å². The van der Waals surface area contributed by atoms with Crippen LogP contribution in [0.2, 0.25) is 0 Å². The highest BCUT2D eigenvalue weighted by atomic mass is 16.3. The van der Waals surface area contributed by atoms with E-state index in [-0.39, 0.29) is 5.92 Å². The Morgan fingerprint density at radius 2 is 1.82 bits per heavy atom. The summed E-state index contributed by atoms with van der Waals surface area (Å²) in [5, 5.41) is 18.8. The first-order valence-electron chi connectivity index (χ1n) is 4.00. The van der Waals surface area contributed by atoms with Gasteiger partial charge in [0.1, 0.15) is 0 Å². The van der Waals surface area contributed by atoms with E-state index in [4.69, 9.17) is 0 Å². The third kappa shape index (κ3) is 1.03. The van der Waals surface area contributed by atoms with E-state index in [1.54, 1.807) is 0 Å². The fourth-order valence-corrected chi connectivity index (χ4v) is 1.95. The van der Waals surface area contributed by atoms with Gasteiger partial charge in [-0.05, 0) is 12.3 Å². The molecule has 11 heavy (non-hydrogen) atoms. The van der Waals surface area contributed by atoms with E-state index in [2.05, 4.69) is 6.08 Å². The Bertz CT molecular complexity index is 208. The van der Waals surface area contributed by atoms with Crippen molar-refractivity contribution in [1.82, 2.24) is 0 Å². The minimum Gasteiger partial charge on any atom is -0.390 e. The largest absolute Gasteiger partial charge is 0.390 e. The molecule has 0 aromatic heterocycles. The predicted molar refractivity (Wildman–Crippen MR) is 41.9 cm³/mol. The second-order valence-corrected chi connectivity index (χ2v) is 3.30. The molecule has 0 heterocycles. The number of hydrogen-bond donors (Lipinski definition) is 2. The van der Waals surface area contributed by atoms with Gasteiger partial charge in [0.2, 0.25) is 0 Å². The molecule has 2 aliphatic rings. The van der Waals surface area contributed by atoms with E-state index in [0.29, 0.717) is 12.3 Å². The van der Waals surface area contributed by atoms with Crippen LogP contribution in [0.4, 0.5) is 0 Å². The minimum atomic E-state index is -0.554. The van der Waals surface area contributed by atoms with Gasteiger partial charge in [0.15, 0.2) is 0 Å². The van der Waals surface area contributed by atoms with Crippen molar-refractivity contribution in [2.45, 2.75) is 18.6 Å². The first-order chi connectivity index (χ1) is 5.29. The van der Waals surface area contributed by atoms with Gasteiger partial charge < -0.3 is 10.2 Å². The summed E-state index contributed by atoms with van der Waals surface area (Å²) in [6.45, 7) is 0. The van der Waals surface area contributed by atoms with E-state index in [1.807, 2.05) is 18.2 Å². The maximum absolute atomic E-state index is 9.46. The second-order valence-electron chi connectivity index (χ2n) is 3.30. The lowest BCUT2D eigenvalue weighted by Crippen LogP contribution is -2.24. The summed E-state index contributed by atoms with van der Waals surface area (Å²) >= 11 is 0. The summed E-state index contributed by atoms with van der Waals surface area (Å²) in [5.41, 5.74) is 0. The van der Waals surface area contributed by atoms with Gasteiger partial charge in [-0.25, -0.2) is 0 Å². The third-order valence-corrected chi connectivity index (χ3v) is 2.60. The molecule has 1 saturated carbocycles. The first kappa shape index (κ1) is 7.07. The molecule has 1 fully saturated rings. The molecule has 2 aliphatic carbocycles. The van der Waals surface area contributed by atoms with Crippen LogP contribution in [0.5, 0.6) is 0 Å². The van der Waals surface area contributed by atoms with Crippen LogP contribution in [0, 0.1) is 11.8 Å². The molecule has 0 radical (unpaired) electrons. The van der Waals surface area contributed by atoms with Gasteiger partial charge in [0.25, 0.3) is 0 Å². The minimum absolute atomic E-state index is 0.148. The highest BCUT2D eigenvalue weighted by Gasteiger charge is 2.39. The fourth-order valence-electron chi connectivity index (χ4n) is 1.95. The molecule has 0 amide bonds. The van der Waals surface area contributed by atoms with Gasteiger partial charge in [-0.15, -0.1) is 0 Å². The van der Waals surface area contributed by atoms with Gasteiger partial charge in [0.05, 0.1) is 12.2 Å².